The van der Waals surface area contributed by atoms with E-state index in [1.54, 1.807) is 6.26 Å². The van der Waals surface area contributed by atoms with Crippen LogP contribution < -0.4 is 0 Å². The number of benzene rings is 1. The smallest absolute Gasteiger partial charge is 0.141 e. The maximum absolute atomic E-state index is 10.0. The van der Waals surface area contributed by atoms with Gasteiger partial charge in [-0.1, -0.05) is 54.8 Å². The molecular weight excluding hydrogens is 410 g/mol. The fourth-order valence-corrected chi connectivity index (χ4v) is 5.58. The van der Waals surface area contributed by atoms with Crippen molar-refractivity contribution in [1.82, 2.24) is 9.88 Å². The summed E-state index contributed by atoms with van der Waals surface area (Å²) in [5.74, 6) is 0.443. The minimum absolute atomic E-state index is 0.0709. The van der Waals surface area contributed by atoms with Gasteiger partial charge in [-0.25, -0.2) is 0 Å². The Balaban J connectivity index is 1.28. The van der Waals surface area contributed by atoms with E-state index in [1.165, 1.54) is 30.4 Å². The van der Waals surface area contributed by atoms with Gasteiger partial charge in [-0.05, 0) is 56.0 Å². The van der Waals surface area contributed by atoms with Crippen LogP contribution in [0.2, 0.25) is 0 Å². The third-order valence-electron chi connectivity index (χ3n) is 7.39. The molecule has 1 unspecified atom stereocenters. The maximum atomic E-state index is 10.0. The Morgan fingerprint density at radius 3 is 2.79 bits per heavy atom. The van der Waals surface area contributed by atoms with Crippen LogP contribution in [0.3, 0.4) is 0 Å². The summed E-state index contributed by atoms with van der Waals surface area (Å²) in [6.07, 6.45) is 13.9. The van der Waals surface area contributed by atoms with Gasteiger partial charge in [0, 0.05) is 47.8 Å². The maximum Gasteiger partial charge on any atom is 0.141 e. The molecule has 1 aromatic carbocycles. The van der Waals surface area contributed by atoms with Crippen LogP contribution in [0.15, 0.2) is 70.6 Å². The third-order valence-corrected chi connectivity index (χ3v) is 7.39. The second-order valence-corrected chi connectivity index (χ2v) is 9.38. The van der Waals surface area contributed by atoms with Crippen LogP contribution in [0.4, 0.5) is 0 Å². The van der Waals surface area contributed by atoms with Gasteiger partial charge in [0.15, 0.2) is 0 Å². The van der Waals surface area contributed by atoms with Gasteiger partial charge in [-0.2, -0.15) is 0 Å². The van der Waals surface area contributed by atoms with Crippen molar-refractivity contribution < 1.29 is 9.62 Å². The third kappa shape index (κ3) is 4.88. The molecule has 5 heteroatoms. The molecule has 1 aliphatic carbocycles. The Kier molecular flexibility index (Phi) is 6.87. The fourth-order valence-electron chi connectivity index (χ4n) is 5.58. The molecule has 1 fully saturated rings. The predicted octanol–water partition coefficient (Wildman–Crippen LogP) is 6.50. The second-order valence-electron chi connectivity index (χ2n) is 9.38. The van der Waals surface area contributed by atoms with E-state index in [9.17, 15) is 5.21 Å². The lowest BCUT2D eigenvalue weighted by atomic mass is 9.78. The molecule has 0 amide bonds. The summed E-state index contributed by atoms with van der Waals surface area (Å²) in [5.41, 5.74) is 5.53. The first-order valence-corrected chi connectivity index (χ1v) is 12.3. The number of fused-ring (bicyclic) bond motifs is 1. The van der Waals surface area contributed by atoms with Gasteiger partial charge in [0.05, 0.1) is 12.0 Å². The molecule has 0 spiro atoms. The molecule has 1 N–H and O–H groups in total. The summed E-state index contributed by atoms with van der Waals surface area (Å²) >= 11 is 0. The Labute approximate surface area is 195 Å². The fraction of sp³-hybridized carbons (Fsp3) is 0.429. The number of hydrogen-bond acceptors (Lipinski definition) is 5. The molecule has 1 atom stereocenters. The topological polar surface area (TPSA) is 61.9 Å². The van der Waals surface area contributed by atoms with Crippen LogP contribution in [-0.2, 0) is 0 Å². The zero-order valence-electron chi connectivity index (χ0n) is 19.2. The standard InChI is InChI=1S/C28H33N3O2/c32-30-27(22-7-2-1-3-8-22)25(26-11-4-5-16-29-26)14-19-31-17-12-21(13-18-31)24-10-6-9-23-15-20-33-28(23)24/h4-6,9-12,15-16,20,22,25,32H,1-3,7-8,13-14,17-19H2/b30-27+. The first-order valence-electron chi connectivity index (χ1n) is 12.3. The summed E-state index contributed by atoms with van der Waals surface area (Å²) in [6, 6.07) is 14.5. The first-order chi connectivity index (χ1) is 16.3. The van der Waals surface area contributed by atoms with Crippen molar-refractivity contribution >= 4 is 22.3 Å². The van der Waals surface area contributed by atoms with Gasteiger partial charge in [0.2, 0.25) is 0 Å². The van der Waals surface area contributed by atoms with Gasteiger partial charge in [-0.15, -0.1) is 0 Å². The number of para-hydroxylation sites is 1. The van der Waals surface area contributed by atoms with Gasteiger partial charge in [0.25, 0.3) is 0 Å². The summed E-state index contributed by atoms with van der Waals surface area (Å²) in [4.78, 5) is 7.15. The van der Waals surface area contributed by atoms with Crippen LogP contribution in [0, 0.1) is 5.92 Å². The molecular formula is C28H33N3O2. The van der Waals surface area contributed by atoms with Gasteiger partial charge < -0.3 is 9.62 Å². The van der Waals surface area contributed by atoms with Crippen LogP contribution >= 0.6 is 0 Å². The van der Waals surface area contributed by atoms with E-state index in [0.717, 1.165) is 67.7 Å². The highest BCUT2D eigenvalue weighted by Crippen LogP contribution is 2.34. The minimum atomic E-state index is 0.0709. The number of nitrogens with zero attached hydrogens (tertiary/aromatic N) is 3. The van der Waals surface area contributed by atoms with Gasteiger partial charge in [-0.3, -0.25) is 9.88 Å². The molecule has 2 aliphatic rings. The largest absolute Gasteiger partial charge is 0.464 e. The SMILES string of the molecule is O/N=C(\C1CCCCC1)C(CCN1CC=C(c2cccc3ccoc23)CC1)c1ccccn1. The summed E-state index contributed by atoms with van der Waals surface area (Å²) in [5, 5.41) is 15.0. The summed E-state index contributed by atoms with van der Waals surface area (Å²) in [6.45, 7) is 2.91. The lowest BCUT2D eigenvalue weighted by molar-refractivity contribution is 0.285. The second kappa shape index (κ2) is 10.3. The van der Waals surface area contributed by atoms with Crippen molar-refractivity contribution in [2.75, 3.05) is 19.6 Å². The van der Waals surface area contributed by atoms with E-state index in [4.69, 9.17) is 4.42 Å². The number of hydrogen-bond donors (Lipinski definition) is 1. The van der Waals surface area contributed by atoms with Crippen molar-refractivity contribution in [2.24, 2.45) is 11.1 Å². The molecule has 5 rings (SSSR count). The van der Waals surface area contributed by atoms with Gasteiger partial charge in [0.1, 0.15) is 5.58 Å². The monoisotopic (exact) mass is 443 g/mol. The van der Waals surface area contributed by atoms with E-state index < -0.39 is 0 Å². The van der Waals surface area contributed by atoms with E-state index in [2.05, 4.69) is 45.4 Å². The lowest BCUT2D eigenvalue weighted by Gasteiger charge is -2.31. The molecule has 0 radical (unpaired) electrons. The van der Waals surface area contributed by atoms with Crippen molar-refractivity contribution in [2.45, 2.75) is 50.9 Å². The van der Waals surface area contributed by atoms with Crippen molar-refractivity contribution in [3.63, 3.8) is 0 Å². The normalized spacial score (nSPS) is 19.5. The van der Waals surface area contributed by atoms with Crippen LogP contribution in [0.25, 0.3) is 16.5 Å². The molecule has 5 nitrogen and oxygen atoms in total. The molecule has 1 aliphatic heterocycles. The minimum Gasteiger partial charge on any atom is -0.464 e. The van der Waals surface area contributed by atoms with E-state index in [-0.39, 0.29) is 5.92 Å². The number of oxime groups is 1. The highest BCUT2D eigenvalue weighted by atomic mass is 16.4. The summed E-state index contributed by atoms with van der Waals surface area (Å²) in [7, 11) is 0. The molecule has 0 bridgehead atoms. The molecule has 3 heterocycles. The predicted molar refractivity (Wildman–Crippen MR) is 133 cm³/mol. The number of aromatic nitrogens is 1. The lowest BCUT2D eigenvalue weighted by Crippen LogP contribution is -2.33. The number of rotatable bonds is 7. The van der Waals surface area contributed by atoms with E-state index >= 15 is 0 Å². The quantitative estimate of drug-likeness (QED) is 0.257. The molecule has 172 valence electrons. The van der Waals surface area contributed by atoms with Crippen LogP contribution in [0.5, 0.6) is 0 Å². The molecule has 0 saturated heterocycles. The van der Waals surface area contributed by atoms with E-state index in [0.29, 0.717) is 5.92 Å². The van der Waals surface area contributed by atoms with Crippen molar-refractivity contribution in [3.05, 3.63) is 72.3 Å². The number of pyridine rings is 1. The molecule has 2 aromatic heterocycles. The molecule has 3 aromatic rings. The molecule has 33 heavy (non-hydrogen) atoms. The number of furan rings is 1. The first kappa shape index (κ1) is 21.9. The van der Waals surface area contributed by atoms with Gasteiger partial charge >= 0.3 is 0 Å². The van der Waals surface area contributed by atoms with Crippen molar-refractivity contribution in [1.29, 1.82) is 0 Å². The Morgan fingerprint density at radius 1 is 1.12 bits per heavy atom. The van der Waals surface area contributed by atoms with Crippen molar-refractivity contribution in [3.8, 4) is 0 Å². The molecule has 1 saturated carbocycles. The zero-order valence-corrected chi connectivity index (χ0v) is 19.2. The van der Waals surface area contributed by atoms with Crippen LogP contribution in [0.1, 0.15) is 62.1 Å². The Morgan fingerprint density at radius 2 is 2.03 bits per heavy atom. The zero-order chi connectivity index (χ0) is 22.5. The Hall–Kier alpha value is -2.92. The summed E-state index contributed by atoms with van der Waals surface area (Å²) < 4.78 is 5.76. The highest BCUT2D eigenvalue weighted by molar-refractivity contribution is 5.92. The Bertz CT molecular complexity index is 1110. The van der Waals surface area contributed by atoms with E-state index in [1.807, 2.05) is 24.4 Å². The average molecular weight is 444 g/mol. The van der Waals surface area contributed by atoms with Crippen LogP contribution in [-0.4, -0.2) is 40.4 Å². The average Bonchev–Trinajstić information content (AvgIpc) is 3.37. The highest BCUT2D eigenvalue weighted by Gasteiger charge is 2.29.